The number of aryl methyl sites for hydroxylation is 1. The topological polar surface area (TPSA) is 23.4 Å². The minimum atomic E-state index is -0.0374. The molecule has 0 bridgehead atoms. The van der Waals surface area contributed by atoms with Crippen molar-refractivity contribution >= 4 is 11.6 Å². The third-order valence-corrected chi connectivity index (χ3v) is 5.80. The Kier molecular flexibility index (Phi) is 4.41. The summed E-state index contributed by atoms with van der Waals surface area (Å²) in [7, 11) is 1.69. The van der Waals surface area contributed by atoms with E-state index in [9.17, 15) is 0 Å². The summed E-state index contributed by atoms with van der Waals surface area (Å²) in [4.78, 5) is 0. The van der Waals surface area contributed by atoms with Crippen LogP contribution in [0.2, 0.25) is 5.02 Å². The number of nitrogens with zero attached hydrogens (tertiary/aromatic N) is 1. The first-order valence-electron chi connectivity index (χ1n) is 8.81. The zero-order chi connectivity index (χ0) is 18.3. The summed E-state index contributed by atoms with van der Waals surface area (Å²) >= 11 is 6.57. The minimum Gasteiger partial charge on any atom is -0.497 e. The first kappa shape index (κ1) is 17.0. The molecule has 2 atom stereocenters. The average molecular weight is 368 g/mol. The van der Waals surface area contributed by atoms with Crippen molar-refractivity contribution in [3.05, 3.63) is 82.1 Å². The molecule has 4 heteroatoms. The molecule has 4 rings (SSSR count). The van der Waals surface area contributed by atoms with E-state index in [1.807, 2.05) is 31.2 Å². The highest BCUT2D eigenvalue weighted by Crippen LogP contribution is 2.47. The van der Waals surface area contributed by atoms with Crippen molar-refractivity contribution in [2.24, 2.45) is 0 Å². The predicted octanol–water partition coefficient (Wildman–Crippen LogP) is 5.88. The summed E-state index contributed by atoms with van der Waals surface area (Å²) in [5, 5.41) is 0.824. The summed E-state index contributed by atoms with van der Waals surface area (Å²) in [6.07, 6.45) is 4.92. The number of hydrogen-bond acceptors (Lipinski definition) is 2. The second-order valence-electron chi connectivity index (χ2n) is 6.81. The van der Waals surface area contributed by atoms with Crippen LogP contribution in [-0.2, 0) is 0 Å². The van der Waals surface area contributed by atoms with Crippen LogP contribution in [0.5, 0.6) is 11.5 Å². The van der Waals surface area contributed by atoms with Crippen molar-refractivity contribution in [1.29, 1.82) is 0 Å². The molecule has 3 nitrogen and oxygen atoms in total. The van der Waals surface area contributed by atoms with Crippen LogP contribution in [0.4, 0.5) is 0 Å². The maximum Gasteiger partial charge on any atom is 0.176 e. The molecule has 2 aromatic carbocycles. The van der Waals surface area contributed by atoms with Gasteiger partial charge in [-0.05, 0) is 60.9 Å². The van der Waals surface area contributed by atoms with Crippen LogP contribution in [0.3, 0.4) is 0 Å². The Bertz CT molecular complexity index is 916. The molecule has 0 amide bonds. The van der Waals surface area contributed by atoms with E-state index < -0.39 is 0 Å². The average Bonchev–Trinajstić information content (AvgIpc) is 3.20. The fraction of sp³-hybridized carbons (Fsp3) is 0.273. The van der Waals surface area contributed by atoms with Crippen LogP contribution in [-0.4, -0.2) is 11.7 Å². The number of fused-ring (bicyclic) bond motifs is 1. The van der Waals surface area contributed by atoms with Gasteiger partial charge in [0.15, 0.2) is 6.23 Å². The van der Waals surface area contributed by atoms with Gasteiger partial charge in [0.2, 0.25) is 0 Å². The van der Waals surface area contributed by atoms with Gasteiger partial charge in [-0.2, -0.15) is 0 Å². The monoisotopic (exact) mass is 367 g/mol. The minimum absolute atomic E-state index is 0.0374. The third kappa shape index (κ3) is 2.86. The van der Waals surface area contributed by atoms with Gasteiger partial charge in [0, 0.05) is 35.3 Å². The predicted molar refractivity (Wildman–Crippen MR) is 104 cm³/mol. The molecule has 2 heterocycles. The Hall–Kier alpha value is -2.39. The lowest BCUT2D eigenvalue weighted by Gasteiger charge is -2.35. The molecule has 0 N–H and O–H groups in total. The van der Waals surface area contributed by atoms with E-state index >= 15 is 0 Å². The normalized spacial score (nSPS) is 18.9. The van der Waals surface area contributed by atoms with Gasteiger partial charge in [-0.1, -0.05) is 23.7 Å². The first-order chi connectivity index (χ1) is 12.6. The summed E-state index contributed by atoms with van der Waals surface area (Å²) in [5.74, 6) is 2.01. The molecule has 0 saturated heterocycles. The smallest absolute Gasteiger partial charge is 0.176 e. The number of rotatable bonds is 3. The molecule has 2 unspecified atom stereocenters. The van der Waals surface area contributed by atoms with E-state index in [1.54, 1.807) is 7.11 Å². The molecular weight excluding hydrogens is 346 g/mol. The lowest BCUT2D eigenvalue weighted by Crippen LogP contribution is -2.25. The van der Waals surface area contributed by atoms with Crippen LogP contribution < -0.4 is 9.47 Å². The molecule has 1 aliphatic heterocycles. The number of methoxy groups -OCH3 is 1. The summed E-state index contributed by atoms with van der Waals surface area (Å²) in [6.45, 7) is 4.12. The van der Waals surface area contributed by atoms with Crippen LogP contribution in [0, 0.1) is 13.8 Å². The number of halogens is 1. The van der Waals surface area contributed by atoms with Gasteiger partial charge in [-0.25, -0.2) is 0 Å². The standard InChI is InChI=1S/C22H22ClNO2/c1-14-12-19-21(15(2)22(14)23)18(16-6-8-17(25-3)9-7-16)13-20(26-19)24-10-4-5-11-24/h4-12,18,20H,13H2,1-3H3. The summed E-state index contributed by atoms with van der Waals surface area (Å²) in [5.41, 5.74) is 4.59. The van der Waals surface area contributed by atoms with E-state index in [0.29, 0.717) is 0 Å². The molecule has 0 aliphatic carbocycles. The Morgan fingerprint density at radius 2 is 1.81 bits per heavy atom. The largest absolute Gasteiger partial charge is 0.497 e. The number of aromatic nitrogens is 1. The van der Waals surface area contributed by atoms with Gasteiger partial charge >= 0.3 is 0 Å². The van der Waals surface area contributed by atoms with Gasteiger partial charge in [-0.15, -0.1) is 0 Å². The van der Waals surface area contributed by atoms with E-state index in [1.165, 1.54) is 11.1 Å². The van der Waals surface area contributed by atoms with Crippen molar-refractivity contribution in [3.63, 3.8) is 0 Å². The zero-order valence-electron chi connectivity index (χ0n) is 15.2. The van der Waals surface area contributed by atoms with Gasteiger partial charge in [0.05, 0.1) is 7.11 Å². The lowest BCUT2D eigenvalue weighted by molar-refractivity contribution is 0.0995. The van der Waals surface area contributed by atoms with Crippen LogP contribution >= 0.6 is 11.6 Å². The van der Waals surface area contributed by atoms with Crippen LogP contribution in [0.1, 0.15) is 40.8 Å². The fourth-order valence-electron chi connectivity index (χ4n) is 3.84. The van der Waals surface area contributed by atoms with E-state index in [4.69, 9.17) is 21.1 Å². The van der Waals surface area contributed by atoms with Crippen molar-refractivity contribution in [3.8, 4) is 11.5 Å². The number of ether oxygens (including phenoxy) is 2. The molecule has 26 heavy (non-hydrogen) atoms. The highest BCUT2D eigenvalue weighted by Gasteiger charge is 2.32. The molecule has 0 saturated carbocycles. The molecule has 0 fully saturated rings. The lowest BCUT2D eigenvalue weighted by atomic mass is 9.82. The zero-order valence-corrected chi connectivity index (χ0v) is 16.0. The molecule has 0 spiro atoms. The Labute approximate surface area is 159 Å². The Morgan fingerprint density at radius 3 is 2.46 bits per heavy atom. The van der Waals surface area contributed by atoms with Crippen molar-refractivity contribution in [1.82, 2.24) is 4.57 Å². The van der Waals surface area contributed by atoms with Gasteiger partial charge < -0.3 is 14.0 Å². The van der Waals surface area contributed by atoms with Gasteiger partial charge in [0.25, 0.3) is 0 Å². The number of benzene rings is 2. The molecule has 1 aliphatic rings. The molecule has 0 radical (unpaired) electrons. The first-order valence-corrected chi connectivity index (χ1v) is 9.19. The van der Waals surface area contributed by atoms with E-state index in [2.05, 4.69) is 42.1 Å². The molecule has 1 aromatic heterocycles. The summed E-state index contributed by atoms with van der Waals surface area (Å²) < 4.78 is 13.8. The highest BCUT2D eigenvalue weighted by molar-refractivity contribution is 6.32. The summed E-state index contributed by atoms with van der Waals surface area (Å²) in [6, 6.07) is 14.4. The maximum absolute atomic E-state index is 6.57. The SMILES string of the molecule is COc1ccc(C2CC(n3cccc3)Oc3cc(C)c(Cl)c(C)c32)cc1. The van der Waals surface area contributed by atoms with Crippen LogP contribution in [0.25, 0.3) is 0 Å². The second-order valence-corrected chi connectivity index (χ2v) is 7.19. The maximum atomic E-state index is 6.57. The van der Waals surface area contributed by atoms with Gasteiger partial charge in [-0.3, -0.25) is 0 Å². The second kappa shape index (κ2) is 6.73. The van der Waals surface area contributed by atoms with Crippen molar-refractivity contribution in [2.45, 2.75) is 32.4 Å². The van der Waals surface area contributed by atoms with E-state index in [0.717, 1.165) is 34.1 Å². The molecule has 3 aromatic rings. The van der Waals surface area contributed by atoms with E-state index in [-0.39, 0.29) is 12.1 Å². The quantitative estimate of drug-likeness (QED) is 0.577. The van der Waals surface area contributed by atoms with Gasteiger partial charge in [0.1, 0.15) is 11.5 Å². The number of hydrogen-bond donors (Lipinski definition) is 0. The van der Waals surface area contributed by atoms with Crippen molar-refractivity contribution < 1.29 is 9.47 Å². The molecular formula is C22H22ClNO2. The Balaban J connectivity index is 1.84. The van der Waals surface area contributed by atoms with Crippen LogP contribution in [0.15, 0.2) is 54.9 Å². The Morgan fingerprint density at radius 1 is 1.12 bits per heavy atom. The third-order valence-electron chi connectivity index (χ3n) is 5.22. The highest BCUT2D eigenvalue weighted by atomic mass is 35.5. The molecule has 134 valence electrons. The van der Waals surface area contributed by atoms with Crippen molar-refractivity contribution in [2.75, 3.05) is 7.11 Å². The fourth-order valence-corrected chi connectivity index (χ4v) is 4.00.